The van der Waals surface area contributed by atoms with Crippen LogP contribution in [0.4, 0.5) is 17.1 Å². The Kier molecular flexibility index (Phi) is 4.41. The largest absolute Gasteiger partial charge is 0.504 e. The molecule has 2 heterocycles. The minimum Gasteiger partial charge on any atom is -0.504 e. The molecule has 1 unspecified atom stereocenters. The van der Waals surface area contributed by atoms with E-state index in [0.717, 1.165) is 17.7 Å². The van der Waals surface area contributed by atoms with Crippen molar-refractivity contribution in [3.8, 4) is 5.75 Å². The van der Waals surface area contributed by atoms with Gasteiger partial charge in [-0.05, 0) is 29.5 Å². The topological polar surface area (TPSA) is 125 Å². The lowest BCUT2D eigenvalue weighted by atomic mass is 9.85. The summed E-state index contributed by atoms with van der Waals surface area (Å²) in [5.74, 6) is -0.146. The molecule has 3 aromatic rings. The first-order chi connectivity index (χ1) is 14.1. The number of aromatic nitrogens is 1. The van der Waals surface area contributed by atoms with Crippen LogP contribution in [0.15, 0.2) is 38.6 Å². The van der Waals surface area contributed by atoms with Gasteiger partial charge >= 0.3 is 0 Å². The molecule has 0 aliphatic heterocycles. The van der Waals surface area contributed by atoms with Gasteiger partial charge in [0.15, 0.2) is 11.4 Å². The van der Waals surface area contributed by atoms with E-state index in [9.17, 15) is 19.5 Å². The minimum atomic E-state index is -0.704. The van der Waals surface area contributed by atoms with Gasteiger partial charge in [0.2, 0.25) is 0 Å². The maximum Gasteiger partial charge on any atom is 0.275 e. The highest BCUT2D eigenvalue weighted by molar-refractivity contribution is 5.97. The van der Waals surface area contributed by atoms with Gasteiger partial charge < -0.3 is 25.1 Å². The van der Waals surface area contributed by atoms with Crippen molar-refractivity contribution in [2.45, 2.75) is 26.3 Å². The lowest BCUT2D eigenvalue weighted by molar-refractivity contribution is 0.0819. The molecule has 156 valence electrons. The molecule has 1 amide bonds. The van der Waals surface area contributed by atoms with Gasteiger partial charge in [0.05, 0.1) is 18.0 Å². The van der Waals surface area contributed by atoms with Crippen molar-refractivity contribution in [1.82, 2.24) is 9.88 Å². The molecule has 1 aromatic carbocycles. The smallest absolute Gasteiger partial charge is 0.275 e. The maximum atomic E-state index is 12.3. The Bertz CT molecular complexity index is 1220. The van der Waals surface area contributed by atoms with Crippen LogP contribution in [-0.2, 0) is 6.42 Å². The number of furan rings is 1. The van der Waals surface area contributed by atoms with E-state index >= 15 is 0 Å². The van der Waals surface area contributed by atoms with Crippen molar-refractivity contribution in [3.63, 3.8) is 0 Å². The van der Waals surface area contributed by atoms with E-state index in [4.69, 9.17) is 4.42 Å². The average Bonchev–Trinajstić information content (AvgIpc) is 3.22. The van der Waals surface area contributed by atoms with E-state index in [2.05, 4.69) is 15.6 Å². The molecule has 1 aliphatic rings. The van der Waals surface area contributed by atoms with Gasteiger partial charge in [0, 0.05) is 20.3 Å². The molecule has 0 fully saturated rings. The van der Waals surface area contributed by atoms with Crippen molar-refractivity contribution >= 4 is 23.0 Å². The predicted molar refractivity (Wildman–Crippen MR) is 111 cm³/mol. The fraction of sp³-hybridized carbons (Fsp3) is 0.333. The first kappa shape index (κ1) is 19.7. The van der Waals surface area contributed by atoms with Gasteiger partial charge in [-0.3, -0.25) is 14.4 Å². The number of anilines is 3. The number of pyridine rings is 1. The van der Waals surface area contributed by atoms with Crippen LogP contribution in [0.3, 0.4) is 0 Å². The first-order valence-electron chi connectivity index (χ1n) is 9.44. The highest BCUT2D eigenvalue weighted by atomic mass is 16.3. The second-order valence-corrected chi connectivity index (χ2v) is 8.34. The average molecular weight is 410 g/mol. The predicted octanol–water partition coefficient (Wildman–Crippen LogP) is 2.16. The van der Waals surface area contributed by atoms with Gasteiger partial charge in [-0.25, -0.2) is 4.98 Å². The summed E-state index contributed by atoms with van der Waals surface area (Å²) in [5.41, 5.74) is -0.415. The normalized spacial score (nSPS) is 17.0. The van der Waals surface area contributed by atoms with Crippen LogP contribution in [-0.4, -0.2) is 35.0 Å². The number of carbonyl (C=O) groups is 1. The van der Waals surface area contributed by atoms with Crippen LogP contribution in [0.25, 0.3) is 0 Å². The number of amides is 1. The summed E-state index contributed by atoms with van der Waals surface area (Å²) in [4.78, 5) is 41.9. The number of carbonyl (C=O) groups excluding carboxylic acids is 1. The zero-order chi connectivity index (χ0) is 21.8. The van der Waals surface area contributed by atoms with E-state index in [-0.39, 0.29) is 34.2 Å². The molecule has 9 heteroatoms. The Morgan fingerprint density at radius 3 is 2.63 bits per heavy atom. The molecule has 3 N–H and O–H groups in total. The lowest BCUT2D eigenvalue weighted by Gasteiger charge is -2.29. The standard InChI is InChI=1S/C21H22N4O5/c1-21(2)9-10-6-8-30-18(10)19(21)24-13-12(16(27)17(13)28)23-11-5-7-22-14(15(11)26)20(29)25(3)4/h5-8,19,24,26H,9H2,1-4H3,(H,22,23). The van der Waals surface area contributed by atoms with Crippen LogP contribution in [0, 0.1) is 5.41 Å². The molecular formula is C21H22N4O5. The lowest BCUT2D eigenvalue weighted by Crippen LogP contribution is -2.39. The third kappa shape index (κ3) is 2.94. The third-order valence-electron chi connectivity index (χ3n) is 5.46. The van der Waals surface area contributed by atoms with E-state index in [1.807, 2.05) is 19.9 Å². The summed E-state index contributed by atoms with van der Waals surface area (Å²) < 4.78 is 5.60. The number of hydrogen-bond acceptors (Lipinski definition) is 8. The van der Waals surface area contributed by atoms with Gasteiger partial charge in [-0.2, -0.15) is 0 Å². The van der Waals surface area contributed by atoms with Gasteiger partial charge in [0.25, 0.3) is 16.8 Å². The fourth-order valence-electron chi connectivity index (χ4n) is 3.81. The molecule has 0 saturated carbocycles. The van der Waals surface area contributed by atoms with Crippen LogP contribution >= 0.6 is 0 Å². The maximum absolute atomic E-state index is 12.3. The van der Waals surface area contributed by atoms with Gasteiger partial charge in [-0.1, -0.05) is 13.8 Å². The van der Waals surface area contributed by atoms with Crippen LogP contribution in [0.5, 0.6) is 5.75 Å². The Morgan fingerprint density at radius 2 is 1.93 bits per heavy atom. The number of nitrogens with zero attached hydrogens (tertiary/aromatic N) is 2. The minimum absolute atomic E-state index is 0.0283. The molecule has 1 aliphatic carbocycles. The molecule has 4 rings (SSSR count). The van der Waals surface area contributed by atoms with Crippen molar-refractivity contribution in [2.75, 3.05) is 24.7 Å². The SMILES string of the molecule is CN(C)C(=O)c1nccc(Nc2c(NC3c4occc4CC3(C)C)c(=O)c2=O)c1O. The molecule has 9 nitrogen and oxygen atoms in total. The Balaban J connectivity index is 1.66. The molecule has 1 atom stereocenters. The first-order valence-corrected chi connectivity index (χ1v) is 9.44. The summed E-state index contributed by atoms with van der Waals surface area (Å²) in [7, 11) is 3.07. The molecule has 30 heavy (non-hydrogen) atoms. The second-order valence-electron chi connectivity index (χ2n) is 8.34. The zero-order valence-electron chi connectivity index (χ0n) is 17.1. The van der Waals surface area contributed by atoms with E-state index in [1.165, 1.54) is 31.3 Å². The number of aromatic hydroxyl groups is 1. The van der Waals surface area contributed by atoms with Crippen LogP contribution < -0.4 is 21.5 Å². The molecule has 0 spiro atoms. The molecule has 0 bridgehead atoms. The highest BCUT2D eigenvalue weighted by Gasteiger charge is 2.43. The zero-order valence-corrected chi connectivity index (χ0v) is 17.1. The summed E-state index contributed by atoms with van der Waals surface area (Å²) in [6.45, 7) is 4.10. The summed E-state index contributed by atoms with van der Waals surface area (Å²) in [6.07, 6.45) is 3.72. The number of hydrogen-bond donors (Lipinski definition) is 3. The van der Waals surface area contributed by atoms with Crippen LogP contribution in [0.1, 0.15) is 41.7 Å². The number of fused-ring (bicyclic) bond motifs is 1. The van der Waals surface area contributed by atoms with Gasteiger partial charge in [0.1, 0.15) is 17.1 Å². The Morgan fingerprint density at radius 1 is 1.23 bits per heavy atom. The van der Waals surface area contributed by atoms with E-state index < -0.39 is 22.5 Å². The number of rotatable bonds is 5. The van der Waals surface area contributed by atoms with Crippen molar-refractivity contribution in [3.05, 3.63) is 62.1 Å². The second kappa shape index (κ2) is 6.72. The fourth-order valence-corrected chi connectivity index (χ4v) is 3.81. The monoisotopic (exact) mass is 410 g/mol. The number of nitrogens with one attached hydrogen (secondary N) is 2. The van der Waals surface area contributed by atoms with E-state index in [1.54, 1.807) is 6.26 Å². The van der Waals surface area contributed by atoms with E-state index in [0.29, 0.717) is 0 Å². The Labute approximate surface area is 172 Å². The molecule has 2 aromatic heterocycles. The summed E-state index contributed by atoms with van der Waals surface area (Å²) in [6, 6.07) is 3.04. The van der Waals surface area contributed by atoms with Crippen molar-refractivity contribution in [2.24, 2.45) is 5.41 Å². The molecule has 0 radical (unpaired) electrons. The van der Waals surface area contributed by atoms with Crippen LogP contribution in [0.2, 0.25) is 0 Å². The highest BCUT2D eigenvalue weighted by Crippen LogP contribution is 2.47. The summed E-state index contributed by atoms with van der Waals surface area (Å²) >= 11 is 0. The van der Waals surface area contributed by atoms with Crippen molar-refractivity contribution < 1.29 is 14.3 Å². The Hall–Kier alpha value is -3.62. The van der Waals surface area contributed by atoms with Crippen molar-refractivity contribution in [1.29, 1.82) is 0 Å². The third-order valence-corrected chi connectivity index (χ3v) is 5.46. The summed E-state index contributed by atoms with van der Waals surface area (Å²) in [5, 5.41) is 16.4. The molecule has 0 saturated heterocycles. The molecular weight excluding hydrogens is 388 g/mol. The quantitative estimate of drug-likeness (QED) is 0.547. The van der Waals surface area contributed by atoms with Gasteiger partial charge in [-0.15, -0.1) is 0 Å².